The van der Waals surface area contributed by atoms with Gasteiger partial charge in [-0.2, -0.15) is 0 Å². The predicted molar refractivity (Wildman–Crippen MR) is 77.3 cm³/mol. The molecular formula is C15H21N3O3. The summed E-state index contributed by atoms with van der Waals surface area (Å²) < 4.78 is 0. The number of aromatic nitrogens is 2. The average Bonchev–Trinajstić information content (AvgIpc) is 2.97. The molecule has 0 spiro atoms. The van der Waals surface area contributed by atoms with Gasteiger partial charge in [0.1, 0.15) is 5.82 Å². The Bertz CT molecular complexity index is 505. The van der Waals surface area contributed by atoms with Crippen molar-refractivity contribution in [2.45, 2.75) is 50.7 Å². The first kappa shape index (κ1) is 14.3. The van der Waals surface area contributed by atoms with Gasteiger partial charge in [-0.3, -0.25) is 0 Å². The van der Waals surface area contributed by atoms with Gasteiger partial charge in [-0.1, -0.05) is 12.8 Å². The summed E-state index contributed by atoms with van der Waals surface area (Å²) in [4.78, 5) is 21.2. The number of carbonyl (C=O) groups is 1. The van der Waals surface area contributed by atoms with E-state index in [9.17, 15) is 9.90 Å². The molecule has 1 saturated heterocycles. The minimum absolute atomic E-state index is 0.0350. The summed E-state index contributed by atoms with van der Waals surface area (Å²) in [5.74, 6) is -0.0443. The number of anilines is 1. The van der Waals surface area contributed by atoms with Crippen LogP contribution < -0.4 is 4.90 Å². The second-order valence-electron chi connectivity index (χ2n) is 5.98. The van der Waals surface area contributed by atoms with Crippen molar-refractivity contribution in [1.82, 2.24) is 9.97 Å². The highest BCUT2D eigenvalue weighted by Crippen LogP contribution is 2.36. The molecule has 3 atom stereocenters. The largest absolute Gasteiger partial charge is 0.476 e. The Hall–Kier alpha value is -1.69. The molecule has 2 heterocycles. The van der Waals surface area contributed by atoms with E-state index in [1.165, 1.54) is 18.8 Å². The van der Waals surface area contributed by atoms with Gasteiger partial charge in [-0.15, -0.1) is 0 Å². The first-order valence-corrected chi connectivity index (χ1v) is 7.67. The van der Waals surface area contributed by atoms with Crippen LogP contribution in [0.3, 0.4) is 0 Å². The predicted octanol–water partition coefficient (Wildman–Crippen LogP) is 1.69. The van der Waals surface area contributed by atoms with Gasteiger partial charge < -0.3 is 15.1 Å². The molecule has 6 nitrogen and oxygen atoms in total. The first-order chi connectivity index (χ1) is 10.2. The van der Waals surface area contributed by atoms with E-state index in [1.807, 2.05) is 0 Å². The van der Waals surface area contributed by atoms with Gasteiger partial charge in [-0.25, -0.2) is 14.8 Å². The van der Waals surface area contributed by atoms with Gasteiger partial charge in [0.2, 0.25) is 0 Å². The molecule has 21 heavy (non-hydrogen) atoms. The molecule has 114 valence electrons. The van der Waals surface area contributed by atoms with Crippen molar-refractivity contribution in [3.05, 3.63) is 18.1 Å². The van der Waals surface area contributed by atoms with Crippen molar-refractivity contribution in [3.63, 3.8) is 0 Å². The standard InChI is InChI=1S/C15H21N3O3/c19-13-6-2-1-4-10(13)12-5-3-7-18(12)14-9-16-11(8-17-14)15(20)21/h8-10,12-13,19H,1-7H2,(H,20,21). The number of hydrogen-bond acceptors (Lipinski definition) is 5. The molecular weight excluding hydrogens is 270 g/mol. The summed E-state index contributed by atoms with van der Waals surface area (Å²) in [6, 6.07) is 0.297. The van der Waals surface area contributed by atoms with Crippen LogP contribution in [-0.4, -0.2) is 44.8 Å². The Morgan fingerprint density at radius 2 is 1.95 bits per heavy atom. The van der Waals surface area contributed by atoms with E-state index >= 15 is 0 Å². The monoisotopic (exact) mass is 291 g/mol. The minimum Gasteiger partial charge on any atom is -0.476 e. The van der Waals surface area contributed by atoms with Crippen LogP contribution in [0.1, 0.15) is 49.0 Å². The summed E-state index contributed by atoms with van der Waals surface area (Å²) in [7, 11) is 0. The summed E-state index contributed by atoms with van der Waals surface area (Å²) in [5, 5.41) is 19.2. The lowest BCUT2D eigenvalue weighted by Crippen LogP contribution is -2.43. The van der Waals surface area contributed by atoms with Crippen LogP contribution in [0.4, 0.5) is 5.82 Å². The molecule has 0 aromatic carbocycles. The highest BCUT2D eigenvalue weighted by atomic mass is 16.4. The van der Waals surface area contributed by atoms with E-state index in [4.69, 9.17) is 5.11 Å². The van der Waals surface area contributed by atoms with Crippen molar-refractivity contribution >= 4 is 11.8 Å². The summed E-state index contributed by atoms with van der Waals surface area (Å²) in [6.07, 6.45) is 8.99. The normalized spacial score (nSPS) is 29.6. The van der Waals surface area contributed by atoms with E-state index in [2.05, 4.69) is 14.9 Å². The fraction of sp³-hybridized carbons (Fsp3) is 0.667. The van der Waals surface area contributed by atoms with Gasteiger partial charge in [0.05, 0.1) is 18.5 Å². The lowest BCUT2D eigenvalue weighted by atomic mass is 9.80. The van der Waals surface area contributed by atoms with Crippen molar-refractivity contribution < 1.29 is 15.0 Å². The van der Waals surface area contributed by atoms with Crippen LogP contribution in [0, 0.1) is 5.92 Å². The molecule has 1 aliphatic heterocycles. The number of carboxylic acid groups (broad SMARTS) is 1. The molecule has 0 amide bonds. The van der Waals surface area contributed by atoms with Crippen LogP contribution in [0.2, 0.25) is 0 Å². The first-order valence-electron chi connectivity index (χ1n) is 7.67. The van der Waals surface area contributed by atoms with E-state index in [1.54, 1.807) is 0 Å². The van der Waals surface area contributed by atoms with E-state index in [0.717, 1.165) is 44.5 Å². The molecule has 2 N–H and O–H groups in total. The molecule has 1 aromatic heterocycles. The van der Waals surface area contributed by atoms with Crippen LogP contribution in [0.15, 0.2) is 12.4 Å². The van der Waals surface area contributed by atoms with Crippen molar-refractivity contribution in [1.29, 1.82) is 0 Å². The molecule has 3 rings (SSSR count). The number of aliphatic hydroxyl groups is 1. The maximum absolute atomic E-state index is 10.8. The second kappa shape index (κ2) is 5.97. The number of rotatable bonds is 3. The molecule has 2 fully saturated rings. The molecule has 2 aliphatic rings. The SMILES string of the molecule is O=C(O)c1cnc(N2CCCC2C2CCCCC2O)cn1. The molecule has 0 bridgehead atoms. The third kappa shape index (κ3) is 2.85. The Balaban J connectivity index is 1.78. The Morgan fingerprint density at radius 3 is 2.62 bits per heavy atom. The molecule has 1 saturated carbocycles. The van der Waals surface area contributed by atoms with E-state index in [-0.39, 0.29) is 11.8 Å². The van der Waals surface area contributed by atoms with Gasteiger partial charge in [0, 0.05) is 18.5 Å². The maximum Gasteiger partial charge on any atom is 0.356 e. The molecule has 0 radical (unpaired) electrons. The highest BCUT2D eigenvalue weighted by Gasteiger charge is 2.37. The lowest BCUT2D eigenvalue weighted by Gasteiger charge is -2.37. The number of aliphatic hydroxyl groups excluding tert-OH is 1. The van der Waals surface area contributed by atoms with Crippen molar-refractivity contribution in [2.75, 3.05) is 11.4 Å². The van der Waals surface area contributed by atoms with E-state index in [0.29, 0.717) is 12.0 Å². The quantitative estimate of drug-likeness (QED) is 0.881. The Labute approximate surface area is 123 Å². The topological polar surface area (TPSA) is 86.5 Å². The Morgan fingerprint density at radius 1 is 1.14 bits per heavy atom. The Kier molecular flexibility index (Phi) is 4.05. The fourth-order valence-corrected chi connectivity index (χ4v) is 3.69. The lowest BCUT2D eigenvalue weighted by molar-refractivity contribution is 0.0565. The van der Waals surface area contributed by atoms with Crippen LogP contribution >= 0.6 is 0 Å². The third-order valence-corrected chi connectivity index (χ3v) is 4.73. The van der Waals surface area contributed by atoms with Crippen molar-refractivity contribution in [3.8, 4) is 0 Å². The van der Waals surface area contributed by atoms with Crippen LogP contribution in [-0.2, 0) is 0 Å². The minimum atomic E-state index is -1.06. The number of aromatic carboxylic acids is 1. The molecule has 1 aliphatic carbocycles. The smallest absolute Gasteiger partial charge is 0.356 e. The second-order valence-corrected chi connectivity index (χ2v) is 5.98. The summed E-state index contributed by atoms with van der Waals surface area (Å²) in [6.45, 7) is 0.898. The highest BCUT2D eigenvalue weighted by molar-refractivity contribution is 5.84. The average molecular weight is 291 g/mol. The molecule has 3 unspecified atom stereocenters. The maximum atomic E-state index is 10.8. The summed E-state index contributed by atoms with van der Waals surface area (Å²) in [5.41, 5.74) is -0.0350. The van der Waals surface area contributed by atoms with Gasteiger partial charge in [-0.05, 0) is 25.7 Å². The molecule has 1 aromatic rings. The number of carboxylic acids is 1. The third-order valence-electron chi connectivity index (χ3n) is 4.73. The zero-order valence-electron chi connectivity index (χ0n) is 12.0. The van der Waals surface area contributed by atoms with Crippen LogP contribution in [0.5, 0.6) is 0 Å². The van der Waals surface area contributed by atoms with Gasteiger partial charge >= 0.3 is 5.97 Å². The zero-order valence-corrected chi connectivity index (χ0v) is 12.0. The van der Waals surface area contributed by atoms with Gasteiger partial charge in [0.15, 0.2) is 5.69 Å². The zero-order chi connectivity index (χ0) is 14.8. The molecule has 6 heteroatoms. The van der Waals surface area contributed by atoms with Crippen LogP contribution in [0.25, 0.3) is 0 Å². The summed E-state index contributed by atoms with van der Waals surface area (Å²) >= 11 is 0. The van der Waals surface area contributed by atoms with Crippen molar-refractivity contribution in [2.24, 2.45) is 5.92 Å². The number of nitrogens with zero attached hydrogens (tertiary/aromatic N) is 3. The number of hydrogen-bond donors (Lipinski definition) is 2. The fourth-order valence-electron chi connectivity index (χ4n) is 3.69. The van der Waals surface area contributed by atoms with Gasteiger partial charge in [0.25, 0.3) is 0 Å². The van der Waals surface area contributed by atoms with E-state index < -0.39 is 5.97 Å².